The highest BCUT2D eigenvalue weighted by Gasteiger charge is 2.34. The average Bonchev–Trinajstić information content (AvgIpc) is 3.16. The first-order valence-electron chi connectivity index (χ1n) is 8.71. The number of hydrogen-bond acceptors (Lipinski definition) is 5. The van der Waals surface area contributed by atoms with Gasteiger partial charge in [-0.25, -0.2) is 0 Å². The van der Waals surface area contributed by atoms with Crippen LogP contribution in [0.4, 0.5) is 0 Å². The second-order valence-corrected chi connectivity index (χ2v) is 8.87. The Morgan fingerprint density at radius 3 is 2.52 bits per heavy atom. The van der Waals surface area contributed by atoms with Crippen molar-refractivity contribution in [1.29, 1.82) is 0 Å². The summed E-state index contributed by atoms with van der Waals surface area (Å²) in [6.45, 7) is 12.4. The van der Waals surface area contributed by atoms with Crippen LogP contribution in [0, 0.1) is 17.3 Å². The summed E-state index contributed by atoms with van der Waals surface area (Å²) >= 11 is 1.24. The van der Waals surface area contributed by atoms with Gasteiger partial charge in [0.05, 0.1) is 0 Å². The molecule has 0 N–H and O–H groups in total. The molecule has 3 rings (SSSR count). The maximum absolute atomic E-state index is 12.3. The minimum Gasteiger partial charge on any atom is -0.337 e. The molecule has 0 bridgehead atoms. The van der Waals surface area contributed by atoms with E-state index in [4.69, 9.17) is 0 Å². The van der Waals surface area contributed by atoms with E-state index in [2.05, 4.69) is 35.3 Å². The molecule has 2 aliphatic heterocycles. The molecule has 0 radical (unpaired) electrons. The lowest BCUT2D eigenvalue weighted by Crippen LogP contribution is -2.40. The van der Waals surface area contributed by atoms with Gasteiger partial charge in [-0.05, 0) is 54.6 Å². The summed E-state index contributed by atoms with van der Waals surface area (Å²) < 4.78 is 3.79. The lowest BCUT2D eigenvalue weighted by molar-refractivity contribution is 0.0651. The highest BCUT2D eigenvalue weighted by Crippen LogP contribution is 2.33. The van der Waals surface area contributed by atoms with Gasteiger partial charge in [0.15, 0.2) is 5.69 Å². The molecule has 0 spiro atoms. The van der Waals surface area contributed by atoms with Crippen molar-refractivity contribution in [2.45, 2.75) is 40.0 Å². The van der Waals surface area contributed by atoms with Gasteiger partial charge in [-0.1, -0.05) is 25.3 Å². The second-order valence-electron chi connectivity index (χ2n) is 8.26. The molecule has 0 saturated carbocycles. The Morgan fingerprint density at radius 1 is 1.22 bits per heavy atom. The van der Waals surface area contributed by atoms with Crippen molar-refractivity contribution in [1.82, 2.24) is 19.4 Å². The number of rotatable bonds is 3. The zero-order valence-electron chi connectivity index (χ0n) is 14.5. The summed E-state index contributed by atoms with van der Waals surface area (Å²) in [5.41, 5.74) is 0.886. The van der Waals surface area contributed by atoms with Crippen molar-refractivity contribution < 1.29 is 4.79 Å². The number of likely N-dealkylation sites (tertiary alicyclic amines) is 2. The highest BCUT2D eigenvalue weighted by atomic mass is 32.1. The number of carbonyl (C=O) groups is 1. The molecular formula is C17H28N4OS. The van der Waals surface area contributed by atoms with Crippen LogP contribution in [0.25, 0.3) is 0 Å². The van der Waals surface area contributed by atoms with Crippen LogP contribution in [-0.2, 0) is 0 Å². The van der Waals surface area contributed by atoms with Crippen LogP contribution in [0.15, 0.2) is 5.38 Å². The summed E-state index contributed by atoms with van der Waals surface area (Å²) in [6, 6.07) is 0. The molecule has 2 aliphatic rings. The molecule has 2 fully saturated rings. The summed E-state index contributed by atoms with van der Waals surface area (Å²) in [4.78, 5) is 16.9. The lowest BCUT2D eigenvalue weighted by atomic mass is 9.83. The van der Waals surface area contributed by atoms with Gasteiger partial charge in [-0.2, -0.15) is 0 Å². The molecule has 128 valence electrons. The molecule has 5 nitrogen and oxygen atoms in total. The third-order valence-corrected chi connectivity index (χ3v) is 5.58. The molecule has 23 heavy (non-hydrogen) atoms. The number of amides is 1. The molecule has 1 atom stereocenters. The molecule has 0 unspecified atom stereocenters. The second kappa shape index (κ2) is 6.85. The van der Waals surface area contributed by atoms with Gasteiger partial charge in [0, 0.05) is 31.6 Å². The van der Waals surface area contributed by atoms with Crippen LogP contribution in [0.5, 0.6) is 0 Å². The minimum absolute atomic E-state index is 0.0537. The fourth-order valence-corrected chi connectivity index (χ4v) is 4.49. The van der Waals surface area contributed by atoms with Crippen LogP contribution in [0.2, 0.25) is 0 Å². The van der Waals surface area contributed by atoms with Crippen LogP contribution >= 0.6 is 11.5 Å². The molecule has 1 aromatic heterocycles. The third kappa shape index (κ3) is 4.29. The number of aromatic nitrogens is 2. The number of piperidine rings is 1. The quantitative estimate of drug-likeness (QED) is 0.851. The largest absolute Gasteiger partial charge is 0.337 e. The van der Waals surface area contributed by atoms with E-state index in [0.29, 0.717) is 11.1 Å². The Hall–Kier alpha value is -1.01. The number of nitrogens with zero attached hydrogens (tertiary/aromatic N) is 4. The summed E-state index contributed by atoms with van der Waals surface area (Å²) in [5, 5.41) is 5.65. The van der Waals surface area contributed by atoms with Gasteiger partial charge in [-0.15, -0.1) is 5.10 Å². The van der Waals surface area contributed by atoms with Gasteiger partial charge in [0.2, 0.25) is 0 Å². The first-order valence-corrected chi connectivity index (χ1v) is 9.55. The Labute approximate surface area is 143 Å². The van der Waals surface area contributed by atoms with Gasteiger partial charge >= 0.3 is 0 Å². The van der Waals surface area contributed by atoms with Crippen LogP contribution < -0.4 is 0 Å². The van der Waals surface area contributed by atoms with Gasteiger partial charge in [-0.3, -0.25) is 4.79 Å². The van der Waals surface area contributed by atoms with E-state index in [-0.39, 0.29) is 5.91 Å². The SMILES string of the molecule is CC(C)(C)CN1CC[C@@H](C2CCN(C(=O)c3csnn3)CC2)C1. The van der Waals surface area contributed by atoms with E-state index in [1.165, 1.54) is 37.6 Å². The molecule has 1 amide bonds. The summed E-state index contributed by atoms with van der Waals surface area (Å²) in [7, 11) is 0. The maximum Gasteiger partial charge on any atom is 0.275 e. The fourth-order valence-electron chi connectivity index (χ4n) is 4.06. The van der Waals surface area contributed by atoms with E-state index >= 15 is 0 Å². The van der Waals surface area contributed by atoms with Gasteiger partial charge < -0.3 is 9.80 Å². The minimum atomic E-state index is 0.0537. The molecule has 3 heterocycles. The summed E-state index contributed by atoms with van der Waals surface area (Å²) in [6.07, 6.45) is 3.60. The molecule has 0 aromatic carbocycles. The van der Waals surface area contributed by atoms with Crippen molar-refractivity contribution in [3.8, 4) is 0 Å². The van der Waals surface area contributed by atoms with Crippen molar-refractivity contribution in [2.24, 2.45) is 17.3 Å². The standard InChI is InChI=1S/C17H28N4OS/c1-17(2,3)12-20-7-4-14(10-20)13-5-8-21(9-6-13)16(22)15-11-23-19-18-15/h11,13-14H,4-10,12H2,1-3H3/t14-/m1/s1. The Morgan fingerprint density at radius 2 is 1.91 bits per heavy atom. The van der Waals surface area contributed by atoms with Crippen molar-refractivity contribution in [3.05, 3.63) is 11.1 Å². The maximum atomic E-state index is 12.3. The summed E-state index contributed by atoms with van der Waals surface area (Å²) in [5.74, 6) is 1.64. The topological polar surface area (TPSA) is 49.3 Å². The molecule has 2 saturated heterocycles. The van der Waals surface area contributed by atoms with Crippen molar-refractivity contribution in [3.63, 3.8) is 0 Å². The van der Waals surface area contributed by atoms with Crippen molar-refractivity contribution >= 4 is 17.4 Å². The van der Waals surface area contributed by atoms with E-state index < -0.39 is 0 Å². The van der Waals surface area contributed by atoms with Crippen molar-refractivity contribution in [2.75, 3.05) is 32.7 Å². The highest BCUT2D eigenvalue weighted by molar-refractivity contribution is 7.03. The van der Waals surface area contributed by atoms with E-state index in [0.717, 1.165) is 37.8 Å². The molecule has 6 heteroatoms. The van der Waals surface area contributed by atoms with E-state index in [9.17, 15) is 4.79 Å². The van der Waals surface area contributed by atoms with Crippen LogP contribution in [-0.4, -0.2) is 58.0 Å². The first kappa shape index (κ1) is 16.8. The Bertz CT molecular complexity index is 517. The fraction of sp³-hybridized carbons (Fsp3) is 0.824. The first-order chi connectivity index (χ1) is 10.9. The molecular weight excluding hydrogens is 308 g/mol. The number of carbonyl (C=O) groups excluding carboxylic acids is 1. The van der Waals surface area contributed by atoms with Gasteiger partial charge in [0.25, 0.3) is 5.91 Å². The van der Waals surface area contributed by atoms with Crippen LogP contribution in [0.3, 0.4) is 0 Å². The zero-order valence-corrected chi connectivity index (χ0v) is 15.3. The number of hydrogen-bond donors (Lipinski definition) is 0. The molecule has 1 aromatic rings. The normalized spacial score (nSPS) is 24.3. The predicted molar refractivity (Wildman–Crippen MR) is 92.5 cm³/mol. The zero-order chi connectivity index (χ0) is 16.4. The third-order valence-electron chi connectivity index (χ3n) is 5.08. The lowest BCUT2D eigenvalue weighted by Gasteiger charge is -2.35. The predicted octanol–water partition coefficient (Wildman–Crippen LogP) is 2.76. The van der Waals surface area contributed by atoms with E-state index in [1.54, 1.807) is 5.38 Å². The van der Waals surface area contributed by atoms with Crippen LogP contribution in [0.1, 0.15) is 50.5 Å². The van der Waals surface area contributed by atoms with E-state index in [1.807, 2.05) is 4.90 Å². The monoisotopic (exact) mass is 336 g/mol. The Balaban J connectivity index is 1.47. The molecule has 0 aliphatic carbocycles. The average molecular weight is 337 g/mol. The Kier molecular flexibility index (Phi) is 5.01. The smallest absolute Gasteiger partial charge is 0.275 e. The van der Waals surface area contributed by atoms with Gasteiger partial charge in [0.1, 0.15) is 0 Å².